The fourth-order valence-electron chi connectivity index (χ4n) is 2.10. The fraction of sp³-hybridized carbons (Fsp3) is 0.846. The molecule has 1 aliphatic heterocycles. The molecule has 104 valence electrons. The van der Waals surface area contributed by atoms with E-state index in [-0.39, 0.29) is 30.3 Å². The quantitative estimate of drug-likeness (QED) is 0.728. The second-order valence-corrected chi connectivity index (χ2v) is 5.17. The molecule has 0 aromatic carbocycles. The normalized spacial score (nSPS) is 19.2. The van der Waals surface area contributed by atoms with Crippen LogP contribution in [0.3, 0.4) is 0 Å². The molecule has 5 heteroatoms. The number of nitrogens with one attached hydrogen (secondary N) is 1. The zero-order valence-corrected chi connectivity index (χ0v) is 11.5. The van der Waals surface area contributed by atoms with Gasteiger partial charge in [0.1, 0.15) is 6.04 Å². The largest absolute Gasteiger partial charge is 0.391 e. The molecule has 0 aliphatic carbocycles. The van der Waals surface area contributed by atoms with Crippen LogP contribution in [0.15, 0.2) is 0 Å². The number of carbonyl (C=O) groups is 2. The smallest absolute Gasteiger partial charge is 0.242 e. The van der Waals surface area contributed by atoms with E-state index in [1.165, 1.54) is 0 Å². The van der Waals surface area contributed by atoms with E-state index >= 15 is 0 Å². The van der Waals surface area contributed by atoms with Gasteiger partial charge >= 0.3 is 0 Å². The molecule has 0 bridgehead atoms. The number of hydrogen-bond acceptors (Lipinski definition) is 3. The summed E-state index contributed by atoms with van der Waals surface area (Å²) in [6.45, 7) is 6.61. The zero-order valence-electron chi connectivity index (χ0n) is 11.5. The van der Waals surface area contributed by atoms with Crippen molar-refractivity contribution in [2.75, 3.05) is 13.1 Å². The molecule has 2 amide bonds. The lowest BCUT2D eigenvalue weighted by Crippen LogP contribution is -2.49. The van der Waals surface area contributed by atoms with Crippen molar-refractivity contribution in [3.63, 3.8) is 0 Å². The Morgan fingerprint density at radius 3 is 2.61 bits per heavy atom. The Labute approximate surface area is 109 Å². The third-order valence-electron chi connectivity index (χ3n) is 3.43. The van der Waals surface area contributed by atoms with Gasteiger partial charge in [-0.1, -0.05) is 20.8 Å². The van der Waals surface area contributed by atoms with Crippen molar-refractivity contribution in [3.05, 3.63) is 0 Å². The Morgan fingerprint density at radius 2 is 2.17 bits per heavy atom. The van der Waals surface area contributed by atoms with Gasteiger partial charge < -0.3 is 15.3 Å². The Balaban J connectivity index is 2.49. The average Bonchev–Trinajstić information content (AvgIpc) is 2.73. The minimum atomic E-state index is -0.541. The van der Waals surface area contributed by atoms with Crippen molar-refractivity contribution in [2.45, 2.75) is 52.2 Å². The number of carbonyl (C=O) groups excluding carboxylic acids is 2. The molecule has 0 radical (unpaired) electrons. The predicted molar refractivity (Wildman–Crippen MR) is 68.9 cm³/mol. The second kappa shape index (κ2) is 6.73. The second-order valence-electron chi connectivity index (χ2n) is 5.17. The summed E-state index contributed by atoms with van der Waals surface area (Å²) < 4.78 is 0. The maximum absolute atomic E-state index is 12.0. The van der Waals surface area contributed by atoms with E-state index in [0.717, 1.165) is 6.42 Å². The summed E-state index contributed by atoms with van der Waals surface area (Å²) in [6, 6.07) is -0.389. The Morgan fingerprint density at radius 1 is 1.50 bits per heavy atom. The fourth-order valence-corrected chi connectivity index (χ4v) is 2.10. The summed E-state index contributed by atoms with van der Waals surface area (Å²) in [6.07, 6.45) is 1.44. The number of hydrogen-bond donors (Lipinski definition) is 2. The van der Waals surface area contributed by atoms with E-state index in [0.29, 0.717) is 19.4 Å². The van der Waals surface area contributed by atoms with Crippen LogP contribution in [0.4, 0.5) is 0 Å². The lowest BCUT2D eigenvalue weighted by molar-refractivity contribution is -0.137. The van der Waals surface area contributed by atoms with Crippen LogP contribution < -0.4 is 5.32 Å². The van der Waals surface area contributed by atoms with Crippen LogP contribution in [0.25, 0.3) is 0 Å². The molecule has 1 aliphatic rings. The van der Waals surface area contributed by atoms with Crippen LogP contribution in [-0.2, 0) is 9.59 Å². The monoisotopic (exact) mass is 256 g/mol. The molecule has 1 fully saturated rings. The van der Waals surface area contributed by atoms with E-state index in [2.05, 4.69) is 5.32 Å². The SMILES string of the molecule is CCC(C(=O)NCC(O)C(C)C)N1CCCC1=O. The van der Waals surface area contributed by atoms with E-state index in [9.17, 15) is 14.7 Å². The van der Waals surface area contributed by atoms with Crippen molar-refractivity contribution in [1.29, 1.82) is 0 Å². The number of amides is 2. The molecule has 2 N–H and O–H groups in total. The first-order chi connectivity index (χ1) is 8.47. The number of aliphatic hydroxyl groups is 1. The summed E-state index contributed by atoms with van der Waals surface area (Å²) in [5, 5.41) is 12.4. The highest BCUT2D eigenvalue weighted by Gasteiger charge is 2.31. The lowest BCUT2D eigenvalue weighted by Gasteiger charge is -2.26. The van der Waals surface area contributed by atoms with Crippen molar-refractivity contribution >= 4 is 11.8 Å². The summed E-state index contributed by atoms with van der Waals surface area (Å²) in [5.41, 5.74) is 0. The molecule has 5 nitrogen and oxygen atoms in total. The van der Waals surface area contributed by atoms with Gasteiger partial charge in [0.15, 0.2) is 0 Å². The maximum Gasteiger partial charge on any atom is 0.242 e. The topological polar surface area (TPSA) is 69.6 Å². The molecule has 2 unspecified atom stereocenters. The molecule has 2 atom stereocenters. The van der Waals surface area contributed by atoms with E-state index < -0.39 is 6.10 Å². The van der Waals surface area contributed by atoms with E-state index in [1.807, 2.05) is 20.8 Å². The van der Waals surface area contributed by atoms with Gasteiger partial charge in [-0.25, -0.2) is 0 Å². The highest BCUT2D eigenvalue weighted by molar-refractivity contribution is 5.88. The first kappa shape index (κ1) is 15.0. The minimum absolute atomic E-state index is 0.0569. The molecule has 0 spiro atoms. The van der Waals surface area contributed by atoms with Crippen molar-refractivity contribution in [3.8, 4) is 0 Å². The van der Waals surface area contributed by atoms with Crippen LogP contribution in [-0.4, -0.2) is 47.1 Å². The van der Waals surface area contributed by atoms with Crippen LogP contribution in [0.5, 0.6) is 0 Å². The molecular weight excluding hydrogens is 232 g/mol. The van der Waals surface area contributed by atoms with E-state index in [4.69, 9.17) is 0 Å². The molecule has 0 aromatic heterocycles. The third kappa shape index (κ3) is 3.70. The summed E-state index contributed by atoms with van der Waals surface area (Å²) in [4.78, 5) is 25.3. The number of likely N-dealkylation sites (tertiary alicyclic amines) is 1. The third-order valence-corrected chi connectivity index (χ3v) is 3.43. The van der Waals surface area contributed by atoms with Gasteiger partial charge in [0.2, 0.25) is 11.8 Å². The molecule has 1 heterocycles. The molecule has 18 heavy (non-hydrogen) atoms. The minimum Gasteiger partial charge on any atom is -0.391 e. The summed E-state index contributed by atoms with van der Waals surface area (Å²) in [7, 11) is 0. The molecule has 1 saturated heterocycles. The molecule has 0 aromatic rings. The van der Waals surface area contributed by atoms with Crippen LogP contribution in [0.2, 0.25) is 0 Å². The maximum atomic E-state index is 12.0. The number of nitrogens with zero attached hydrogens (tertiary/aromatic N) is 1. The van der Waals surface area contributed by atoms with Crippen molar-refractivity contribution in [2.24, 2.45) is 5.92 Å². The standard InChI is InChI=1S/C13H24N2O3/c1-4-10(15-7-5-6-12(15)17)13(18)14-8-11(16)9(2)3/h9-11,16H,4-8H2,1-3H3,(H,14,18). The van der Waals surface area contributed by atoms with Gasteiger partial charge in [0.25, 0.3) is 0 Å². The van der Waals surface area contributed by atoms with Crippen LogP contribution in [0, 0.1) is 5.92 Å². The van der Waals surface area contributed by atoms with Crippen molar-refractivity contribution in [1.82, 2.24) is 10.2 Å². The summed E-state index contributed by atoms with van der Waals surface area (Å²) >= 11 is 0. The molecule has 1 rings (SSSR count). The van der Waals surface area contributed by atoms with Gasteiger partial charge in [-0.15, -0.1) is 0 Å². The Bertz CT molecular complexity index is 305. The highest BCUT2D eigenvalue weighted by Crippen LogP contribution is 2.15. The Hall–Kier alpha value is -1.10. The molecular formula is C13H24N2O3. The highest BCUT2D eigenvalue weighted by atomic mass is 16.3. The Kier molecular flexibility index (Phi) is 5.59. The van der Waals surface area contributed by atoms with Crippen LogP contribution in [0.1, 0.15) is 40.0 Å². The zero-order chi connectivity index (χ0) is 13.7. The first-order valence-corrected chi connectivity index (χ1v) is 6.72. The summed E-state index contributed by atoms with van der Waals surface area (Å²) in [5.74, 6) is 0.00709. The van der Waals surface area contributed by atoms with Gasteiger partial charge in [0, 0.05) is 19.5 Å². The van der Waals surface area contributed by atoms with Gasteiger partial charge in [-0.05, 0) is 18.8 Å². The van der Waals surface area contributed by atoms with Gasteiger partial charge in [-0.3, -0.25) is 9.59 Å². The van der Waals surface area contributed by atoms with E-state index in [1.54, 1.807) is 4.90 Å². The van der Waals surface area contributed by atoms with Gasteiger partial charge in [-0.2, -0.15) is 0 Å². The molecule has 0 saturated carbocycles. The van der Waals surface area contributed by atoms with Gasteiger partial charge in [0.05, 0.1) is 6.10 Å². The predicted octanol–water partition coefficient (Wildman–Crippen LogP) is 0.520. The van der Waals surface area contributed by atoms with Crippen molar-refractivity contribution < 1.29 is 14.7 Å². The van der Waals surface area contributed by atoms with Crippen LogP contribution >= 0.6 is 0 Å². The number of rotatable bonds is 6. The number of aliphatic hydroxyl groups excluding tert-OH is 1. The lowest BCUT2D eigenvalue weighted by atomic mass is 10.1. The first-order valence-electron chi connectivity index (χ1n) is 6.72. The average molecular weight is 256 g/mol.